The van der Waals surface area contributed by atoms with Gasteiger partial charge in [-0.1, -0.05) is 18.2 Å². The Labute approximate surface area is 98.0 Å². The third kappa shape index (κ3) is 2.92. The summed E-state index contributed by atoms with van der Waals surface area (Å²) in [5.41, 5.74) is 0.227. The molecule has 17 heavy (non-hydrogen) atoms. The van der Waals surface area contributed by atoms with Gasteiger partial charge in [-0.2, -0.15) is 5.26 Å². The second-order valence-electron chi connectivity index (χ2n) is 3.14. The molecular formula is C12H10N2O3. The number of amides is 1. The Balaban J connectivity index is 3.26. The Morgan fingerprint density at radius 3 is 2.59 bits per heavy atom. The molecule has 2 N–H and O–H groups in total. The van der Waals surface area contributed by atoms with Crippen LogP contribution in [0.5, 0.6) is 0 Å². The van der Waals surface area contributed by atoms with Gasteiger partial charge >= 0.3 is 5.97 Å². The van der Waals surface area contributed by atoms with Crippen LogP contribution in [0.25, 0.3) is 6.08 Å². The summed E-state index contributed by atoms with van der Waals surface area (Å²) >= 11 is 0. The predicted molar refractivity (Wildman–Crippen MR) is 61.1 cm³/mol. The first-order valence-electron chi connectivity index (χ1n) is 4.76. The van der Waals surface area contributed by atoms with Crippen LogP contribution in [-0.4, -0.2) is 24.0 Å². The van der Waals surface area contributed by atoms with Gasteiger partial charge in [0.1, 0.15) is 11.6 Å². The number of carbonyl (C=O) groups is 2. The van der Waals surface area contributed by atoms with E-state index in [4.69, 9.17) is 10.4 Å². The fourth-order valence-electron chi connectivity index (χ4n) is 1.26. The highest BCUT2D eigenvalue weighted by molar-refractivity contribution is 6.03. The van der Waals surface area contributed by atoms with E-state index < -0.39 is 11.9 Å². The zero-order chi connectivity index (χ0) is 12.8. The van der Waals surface area contributed by atoms with E-state index in [0.717, 1.165) is 0 Å². The van der Waals surface area contributed by atoms with Crippen LogP contribution in [0, 0.1) is 11.3 Å². The quantitative estimate of drug-likeness (QED) is 0.599. The van der Waals surface area contributed by atoms with E-state index in [-0.39, 0.29) is 11.1 Å². The van der Waals surface area contributed by atoms with Crippen molar-refractivity contribution in [2.24, 2.45) is 0 Å². The second kappa shape index (κ2) is 5.47. The Morgan fingerprint density at radius 2 is 2.06 bits per heavy atom. The zero-order valence-corrected chi connectivity index (χ0v) is 9.10. The van der Waals surface area contributed by atoms with Gasteiger partial charge in [-0.05, 0) is 17.7 Å². The van der Waals surface area contributed by atoms with E-state index in [2.05, 4.69) is 5.32 Å². The molecule has 0 aliphatic carbocycles. The normalized spacial score (nSPS) is 10.5. The van der Waals surface area contributed by atoms with Crippen molar-refractivity contribution >= 4 is 18.0 Å². The number of nitrogens with one attached hydrogen (secondary N) is 1. The molecule has 0 heterocycles. The maximum absolute atomic E-state index is 11.3. The molecule has 0 bridgehead atoms. The molecule has 0 spiro atoms. The summed E-state index contributed by atoms with van der Waals surface area (Å²) < 4.78 is 0. The van der Waals surface area contributed by atoms with Crippen molar-refractivity contribution < 1.29 is 14.7 Å². The third-order valence-corrected chi connectivity index (χ3v) is 2.08. The van der Waals surface area contributed by atoms with Crippen LogP contribution in [0.2, 0.25) is 0 Å². The van der Waals surface area contributed by atoms with E-state index in [9.17, 15) is 9.59 Å². The Kier molecular flexibility index (Phi) is 4.01. The van der Waals surface area contributed by atoms with Gasteiger partial charge in [0.25, 0.3) is 5.91 Å². The molecule has 0 saturated carbocycles. The van der Waals surface area contributed by atoms with E-state index in [1.54, 1.807) is 18.2 Å². The number of carboxylic acid groups (broad SMARTS) is 1. The van der Waals surface area contributed by atoms with E-state index in [0.29, 0.717) is 5.56 Å². The summed E-state index contributed by atoms with van der Waals surface area (Å²) in [5, 5.41) is 20.0. The summed E-state index contributed by atoms with van der Waals surface area (Å²) in [6, 6.07) is 7.88. The second-order valence-corrected chi connectivity index (χ2v) is 3.14. The maximum Gasteiger partial charge on any atom is 0.336 e. The van der Waals surface area contributed by atoms with Crippen LogP contribution in [0.15, 0.2) is 29.8 Å². The first kappa shape index (κ1) is 12.5. The fourth-order valence-corrected chi connectivity index (χ4v) is 1.26. The van der Waals surface area contributed by atoms with Crippen LogP contribution in [0.1, 0.15) is 15.9 Å². The Morgan fingerprint density at radius 1 is 1.41 bits per heavy atom. The molecule has 0 aromatic heterocycles. The number of aromatic carboxylic acids is 1. The first-order chi connectivity index (χ1) is 8.10. The number of carboxylic acids is 1. The zero-order valence-electron chi connectivity index (χ0n) is 9.10. The topological polar surface area (TPSA) is 90.2 Å². The average molecular weight is 230 g/mol. The van der Waals surface area contributed by atoms with Crippen LogP contribution in [-0.2, 0) is 4.79 Å². The molecule has 0 unspecified atom stereocenters. The molecule has 1 amide bonds. The number of benzene rings is 1. The van der Waals surface area contributed by atoms with Gasteiger partial charge < -0.3 is 10.4 Å². The van der Waals surface area contributed by atoms with Crippen LogP contribution in [0.4, 0.5) is 0 Å². The van der Waals surface area contributed by atoms with Gasteiger partial charge in [0.05, 0.1) is 5.56 Å². The Bertz CT molecular complexity index is 527. The van der Waals surface area contributed by atoms with Crippen molar-refractivity contribution in [3.63, 3.8) is 0 Å². The summed E-state index contributed by atoms with van der Waals surface area (Å²) in [4.78, 5) is 22.2. The molecule has 1 aromatic carbocycles. The molecule has 0 saturated heterocycles. The first-order valence-corrected chi connectivity index (χ1v) is 4.76. The molecule has 0 atom stereocenters. The summed E-state index contributed by atoms with van der Waals surface area (Å²) in [6.45, 7) is 0. The number of nitrogens with zero attached hydrogens (tertiary/aromatic N) is 1. The number of rotatable bonds is 3. The maximum atomic E-state index is 11.3. The minimum atomic E-state index is -1.11. The highest BCUT2D eigenvalue weighted by Crippen LogP contribution is 2.13. The number of carbonyl (C=O) groups excluding carboxylic acids is 1. The van der Waals surface area contributed by atoms with E-state index in [1.807, 2.05) is 0 Å². The van der Waals surface area contributed by atoms with Crippen molar-refractivity contribution in [1.29, 1.82) is 5.26 Å². The SMILES string of the molecule is CNC(=O)/C(C#N)=C\c1ccccc1C(=O)O. The van der Waals surface area contributed by atoms with Crippen molar-refractivity contribution in [1.82, 2.24) is 5.32 Å². The lowest BCUT2D eigenvalue weighted by atomic mass is 10.0. The van der Waals surface area contributed by atoms with Gasteiger partial charge in [0, 0.05) is 7.05 Å². The van der Waals surface area contributed by atoms with Crippen LogP contribution >= 0.6 is 0 Å². The number of likely N-dealkylation sites (N-methyl/N-ethyl adjacent to an activating group) is 1. The third-order valence-electron chi connectivity index (χ3n) is 2.08. The molecule has 1 rings (SSSR count). The van der Waals surface area contributed by atoms with Gasteiger partial charge in [-0.15, -0.1) is 0 Å². The summed E-state index contributed by atoms with van der Waals surface area (Å²) in [7, 11) is 1.40. The minimum Gasteiger partial charge on any atom is -0.478 e. The highest BCUT2D eigenvalue weighted by atomic mass is 16.4. The van der Waals surface area contributed by atoms with E-state index in [1.165, 1.54) is 25.3 Å². The smallest absolute Gasteiger partial charge is 0.336 e. The standard InChI is InChI=1S/C12H10N2O3/c1-14-11(15)9(7-13)6-8-4-2-3-5-10(8)12(16)17/h2-6H,1H3,(H,14,15)(H,16,17)/b9-6-. The van der Waals surface area contributed by atoms with Crippen molar-refractivity contribution in [2.75, 3.05) is 7.05 Å². The lowest BCUT2D eigenvalue weighted by molar-refractivity contribution is -0.116. The van der Waals surface area contributed by atoms with Crippen LogP contribution in [0.3, 0.4) is 0 Å². The van der Waals surface area contributed by atoms with Gasteiger partial charge in [-0.3, -0.25) is 4.79 Å². The Hall–Kier alpha value is -2.61. The minimum absolute atomic E-state index is 0.0455. The fraction of sp³-hybridized carbons (Fsp3) is 0.0833. The lowest BCUT2D eigenvalue weighted by Gasteiger charge is -2.01. The molecule has 0 aliphatic heterocycles. The van der Waals surface area contributed by atoms with Crippen molar-refractivity contribution in [3.8, 4) is 6.07 Å². The summed E-state index contributed by atoms with van der Waals surface area (Å²) in [5.74, 6) is -1.65. The monoisotopic (exact) mass is 230 g/mol. The molecule has 5 nitrogen and oxygen atoms in total. The molecule has 0 fully saturated rings. The van der Waals surface area contributed by atoms with Crippen LogP contribution < -0.4 is 5.32 Å². The average Bonchev–Trinajstić information content (AvgIpc) is 2.35. The molecular weight excluding hydrogens is 220 g/mol. The van der Waals surface area contributed by atoms with Gasteiger partial charge in [0.15, 0.2) is 0 Å². The van der Waals surface area contributed by atoms with Gasteiger partial charge in [-0.25, -0.2) is 4.79 Å². The lowest BCUT2D eigenvalue weighted by Crippen LogP contribution is -2.19. The van der Waals surface area contributed by atoms with Gasteiger partial charge in [0.2, 0.25) is 0 Å². The largest absolute Gasteiger partial charge is 0.478 e. The highest BCUT2D eigenvalue weighted by Gasteiger charge is 2.11. The molecule has 0 aliphatic rings. The van der Waals surface area contributed by atoms with E-state index >= 15 is 0 Å². The van der Waals surface area contributed by atoms with Crippen molar-refractivity contribution in [3.05, 3.63) is 41.0 Å². The predicted octanol–water partition coefficient (Wildman–Crippen LogP) is 1.04. The number of nitriles is 1. The van der Waals surface area contributed by atoms with Crippen molar-refractivity contribution in [2.45, 2.75) is 0 Å². The summed E-state index contributed by atoms with van der Waals surface area (Å²) in [6.07, 6.45) is 1.25. The number of hydrogen-bond acceptors (Lipinski definition) is 3. The molecule has 5 heteroatoms. The molecule has 86 valence electrons. The molecule has 1 aromatic rings. The molecule has 0 radical (unpaired) electrons. The number of hydrogen-bond donors (Lipinski definition) is 2.